The van der Waals surface area contributed by atoms with E-state index in [-0.39, 0.29) is 5.91 Å². The zero-order chi connectivity index (χ0) is 14.3. The number of rotatable bonds is 5. The number of nitrogens with one attached hydrogen (secondary N) is 1. The van der Waals surface area contributed by atoms with Gasteiger partial charge in [0.1, 0.15) is 0 Å². The van der Waals surface area contributed by atoms with Gasteiger partial charge >= 0.3 is 0 Å². The maximum absolute atomic E-state index is 11.8. The van der Waals surface area contributed by atoms with Crippen LogP contribution in [0.5, 0.6) is 0 Å². The predicted molar refractivity (Wildman–Crippen MR) is 77.4 cm³/mol. The topological polar surface area (TPSA) is 52.9 Å². The van der Waals surface area contributed by atoms with E-state index in [4.69, 9.17) is 5.26 Å². The molecule has 0 radical (unpaired) electrons. The van der Waals surface area contributed by atoms with Crippen LogP contribution in [0.15, 0.2) is 0 Å². The molecule has 0 atom stereocenters. The number of carbonyl (C=O) groups is 1. The molecule has 1 fully saturated rings. The highest BCUT2D eigenvalue weighted by Gasteiger charge is 2.22. The van der Waals surface area contributed by atoms with Gasteiger partial charge in [-0.25, -0.2) is 0 Å². The Balaban J connectivity index is 2.15. The summed E-state index contributed by atoms with van der Waals surface area (Å²) in [4.78, 5) is 11.8. The molecule has 3 nitrogen and oxygen atoms in total. The van der Waals surface area contributed by atoms with Crippen LogP contribution < -0.4 is 5.32 Å². The first-order chi connectivity index (χ1) is 8.90. The van der Waals surface area contributed by atoms with Crippen LogP contribution >= 0.6 is 0 Å². The van der Waals surface area contributed by atoms with Crippen LogP contribution in [0, 0.1) is 22.7 Å². The lowest BCUT2D eigenvalue weighted by Crippen LogP contribution is -2.37. The summed E-state index contributed by atoms with van der Waals surface area (Å²) in [5.41, 5.74) is 0.315. The molecule has 0 bridgehead atoms. The molecule has 19 heavy (non-hydrogen) atoms. The first-order valence-corrected chi connectivity index (χ1v) is 7.57. The number of hydrogen-bond donors (Lipinski definition) is 1. The highest BCUT2D eigenvalue weighted by molar-refractivity contribution is 5.76. The Bertz CT molecular complexity index is 317. The standard InChI is InChI=1S/C16H28N2O/c1-16(2,3)11-4-5-15(19)18-14-8-6-13(7-9-14)10-12-17/h13-14H,4-11H2,1-3H3,(H,18,19). The molecule has 0 spiro atoms. The van der Waals surface area contributed by atoms with E-state index in [1.165, 1.54) is 0 Å². The predicted octanol–water partition coefficient (Wildman–Crippen LogP) is 3.79. The summed E-state index contributed by atoms with van der Waals surface area (Å²) < 4.78 is 0. The summed E-state index contributed by atoms with van der Waals surface area (Å²) in [6.45, 7) is 6.63. The molecule has 1 amide bonds. The summed E-state index contributed by atoms with van der Waals surface area (Å²) in [5, 5.41) is 11.8. The molecular formula is C16H28N2O. The Hall–Kier alpha value is -1.04. The van der Waals surface area contributed by atoms with Crippen molar-refractivity contribution in [3.63, 3.8) is 0 Å². The quantitative estimate of drug-likeness (QED) is 0.821. The molecule has 3 heteroatoms. The van der Waals surface area contributed by atoms with E-state index in [2.05, 4.69) is 32.2 Å². The Morgan fingerprint density at radius 2 is 1.89 bits per heavy atom. The minimum atomic E-state index is 0.202. The smallest absolute Gasteiger partial charge is 0.220 e. The average molecular weight is 264 g/mol. The molecule has 0 heterocycles. The molecule has 0 saturated heterocycles. The van der Waals surface area contributed by atoms with Crippen LogP contribution in [0.25, 0.3) is 0 Å². The van der Waals surface area contributed by atoms with E-state index in [1.54, 1.807) is 0 Å². The van der Waals surface area contributed by atoms with Gasteiger partial charge in [-0.3, -0.25) is 4.79 Å². The van der Waals surface area contributed by atoms with Gasteiger partial charge in [0.25, 0.3) is 0 Å². The van der Waals surface area contributed by atoms with Crippen LogP contribution in [0.1, 0.15) is 72.1 Å². The van der Waals surface area contributed by atoms with Gasteiger partial charge in [-0.2, -0.15) is 5.26 Å². The third-order valence-corrected chi connectivity index (χ3v) is 3.92. The summed E-state index contributed by atoms with van der Waals surface area (Å²) in [7, 11) is 0. The Morgan fingerprint density at radius 3 is 2.42 bits per heavy atom. The van der Waals surface area contributed by atoms with Gasteiger partial charge in [0.2, 0.25) is 5.91 Å². The van der Waals surface area contributed by atoms with Crippen molar-refractivity contribution >= 4 is 5.91 Å². The molecular weight excluding hydrogens is 236 g/mol. The molecule has 1 aliphatic rings. The number of hydrogen-bond acceptors (Lipinski definition) is 2. The summed E-state index contributed by atoms with van der Waals surface area (Å²) >= 11 is 0. The Morgan fingerprint density at radius 1 is 1.26 bits per heavy atom. The molecule has 0 aromatic heterocycles. The average Bonchev–Trinajstić information content (AvgIpc) is 2.30. The molecule has 1 rings (SSSR count). The highest BCUT2D eigenvalue weighted by atomic mass is 16.1. The van der Waals surface area contributed by atoms with Crippen molar-refractivity contribution in [2.75, 3.05) is 0 Å². The first kappa shape index (κ1) is 16.0. The lowest BCUT2D eigenvalue weighted by atomic mass is 9.84. The number of nitrogens with zero attached hydrogens (tertiary/aromatic N) is 1. The molecule has 1 N–H and O–H groups in total. The van der Waals surface area contributed by atoms with Crippen LogP contribution in [0.3, 0.4) is 0 Å². The zero-order valence-corrected chi connectivity index (χ0v) is 12.7. The lowest BCUT2D eigenvalue weighted by molar-refractivity contribution is -0.122. The van der Waals surface area contributed by atoms with Crippen molar-refractivity contribution in [2.45, 2.75) is 78.2 Å². The lowest BCUT2D eigenvalue weighted by Gasteiger charge is -2.28. The normalized spacial score (nSPS) is 23.7. The maximum Gasteiger partial charge on any atom is 0.220 e. The summed E-state index contributed by atoms with van der Waals surface area (Å²) in [5.74, 6) is 0.757. The molecule has 1 aliphatic carbocycles. The Labute approximate surface area is 117 Å². The third-order valence-electron chi connectivity index (χ3n) is 3.92. The SMILES string of the molecule is CC(C)(C)CCCC(=O)NC1CCC(CC#N)CC1. The van der Waals surface area contributed by atoms with Crippen LogP contribution in [-0.4, -0.2) is 11.9 Å². The van der Waals surface area contributed by atoms with Crippen molar-refractivity contribution in [3.8, 4) is 6.07 Å². The molecule has 0 unspecified atom stereocenters. The fourth-order valence-corrected chi connectivity index (χ4v) is 2.72. The van der Waals surface area contributed by atoms with Gasteiger partial charge in [0, 0.05) is 18.9 Å². The zero-order valence-electron chi connectivity index (χ0n) is 12.7. The summed E-state index contributed by atoms with van der Waals surface area (Å²) in [6.07, 6.45) is 7.63. The van der Waals surface area contributed by atoms with Crippen molar-refractivity contribution in [3.05, 3.63) is 0 Å². The van der Waals surface area contributed by atoms with E-state index < -0.39 is 0 Å². The fraction of sp³-hybridized carbons (Fsp3) is 0.875. The van der Waals surface area contributed by atoms with E-state index >= 15 is 0 Å². The van der Waals surface area contributed by atoms with Gasteiger partial charge in [0.05, 0.1) is 6.07 Å². The van der Waals surface area contributed by atoms with Gasteiger partial charge in [-0.05, 0) is 49.9 Å². The molecule has 0 aromatic carbocycles. The molecule has 0 aliphatic heterocycles. The van der Waals surface area contributed by atoms with Gasteiger partial charge < -0.3 is 5.32 Å². The molecule has 1 saturated carbocycles. The van der Waals surface area contributed by atoms with E-state index in [0.717, 1.165) is 38.5 Å². The number of amides is 1. The van der Waals surface area contributed by atoms with Crippen LogP contribution in [0.2, 0.25) is 0 Å². The number of carbonyl (C=O) groups excluding carboxylic acids is 1. The van der Waals surface area contributed by atoms with Crippen molar-refractivity contribution in [1.82, 2.24) is 5.32 Å². The van der Waals surface area contributed by atoms with Crippen LogP contribution in [0.4, 0.5) is 0 Å². The van der Waals surface area contributed by atoms with Gasteiger partial charge in [-0.1, -0.05) is 20.8 Å². The maximum atomic E-state index is 11.8. The van der Waals surface area contributed by atoms with Crippen molar-refractivity contribution in [2.24, 2.45) is 11.3 Å². The van der Waals surface area contributed by atoms with E-state index in [1.807, 2.05) is 0 Å². The van der Waals surface area contributed by atoms with E-state index in [9.17, 15) is 4.79 Å². The van der Waals surface area contributed by atoms with Crippen LogP contribution in [-0.2, 0) is 4.79 Å². The first-order valence-electron chi connectivity index (χ1n) is 7.57. The Kier molecular flexibility index (Phi) is 6.34. The highest BCUT2D eigenvalue weighted by Crippen LogP contribution is 2.26. The fourth-order valence-electron chi connectivity index (χ4n) is 2.72. The monoisotopic (exact) mass is 264 g/mol. The number of nitriles is 1. The van der Waals surface area contributed by atoms with Gasteiger partial charge in [-0.15, -0.1) is 0 Å². The largest absolute Gasteiger partial charge is 0.353 e. The second-order valence-electron chi connectivity index (χ2n) is 7.06. The van der Waals surface area contributed by atoms with Gasteiger partial charge in [0.15, 0.2) is 0 Å². The molecule has 0 aromatic rings. The minimum Gasteiger partial charge on any atom is -0.353 e. The van der Waals surface area contributed by atoms with Crippen molar-refractivity contribution in [1.29, 1.82) is 5.26 Å². The third kappa shape index (κ3) is 7.20. The van der Waals surface area contributed by atoms with Crippen molar-refractivity contribution < 1.29 is 4.79 Å². The molecule has 108 valence electrons. The summed E-state index contributed by atoms with van der Waals surface area (Å²) in [6, 6.07) is 2.59. The van der Waals surface area contributed by atoms with E-state index in [0.29, 0.717) is 30.2 Å². The second-order valence-corrected chi connectivity index (χ2v) is 7.06. The second kappa shape index (κ2) is 7.53. The minimum absolute atomic E-state index is 0.202.